The summed E-state index contributed by atoms with van der Waals surface area (Å²) in [6.07, 6.45) is 7.07. The summed E-state index contributed by atoms with van der Waals surface area (Å²) in [6, 6.07) is 10.3. The second-order valence-corrected chi connectivity index (χ2v) is 9.69. The Labute approximate surface area is 208 Å². The van der Waals surface area contributed by atoms with Gasteiger partial charge in [0, 0.05) is 36.2 Å². The van der Waals surface area contributed by atoms with Crippen molar-refractivity contribution in [3.05, 3.63) is 52.6 Å². The van der Waals surface area contributed by atoms with Crippen LogP contribution in [0.25, 0.3) is 10.9 Å². The number of methoxy groups -OCH3 is 2. The van der Waals surface area contributed by atoms with Crippen molar-refractivity contribution in [3.8, 4) is 17.2 Å². The van der Waals surface area contributed by atoms with Gasteiger partial charge in [0.05, 0.1) is 26.3 Å². The lowest BCUT2D eigenvalue weighted by atomic mass is 10.0. The minimum atomic E-state index is 0.643. The molecule has 35 heavy (non-hydrogen) atoms. The Hall–Kier alpha value is -2.99. The smallest absolute Gasteiger partial charge is 0.130 e. The maximum atomic E-state index is 6.23. The first kappa shape index (κ1) is 23.7. The first-order valence-electron chi connectivity index (χ1n) is 12.9. The van der Waals surface area contributed by atoms with Crippen molar-refractivity contribution < 1.29 is 14.2 Å². The maximum absolute atomic E-state index is 6.23. The van der Waals surface area contributed by atoms with Crippen LogP contribution in [0.2, 0.25) is 0 Å². The molecular formula is C29H37N3O3. The molecule has 5 rings (SSSR count). The van der Waals surface area contributed by atoms with Gasteiger partial charge in [-0.3, -0.25) is 0 Å². The fraction of sp³-hybridized carbons (Fsp3) is 0.483. The molecule has 6 nitrogen and oxygen atoms in total. The number of hydrogen-bond acceptors (Lipinski definition) is 6. The van der Waals surface area contributed by atoms with Gasteiger partial charge in [0.25, 0.3) is 0 Å². The molecule has 1 saturated heterocycles. The summed E-state index contributed by atoms with van der Waals surface area (Å²) in [7, 11) is 3.36. The molecule has 1 aromatic heterocycles. The van der Waals surface area contributed by atoms with Crippen LogP contribution in [0.4, 0.5) is 5.82 Å². The van der Waals surface area contributed by atoms with Crippen LogP contribution >= 0.6 is 0 Å². The summed E-state index contributed by atoms with van der Waals surface area (Å²) in [5, 5.41) is 4.88. The van der Waals surface area contributed by atoms with Crippen LogP contribution in [0, 0.1) is 6.92 Å². The van der Waals surface area contributed by atoms with Crippen LogP contribution in [0.3, 0.4) is 0 Å². The summed E-state index contributed by atoms with van der Waals surface area (Å²) in [4.78, 5) is 7.62. The molecule has 0 bridgehead atoms. The monoisotopic (exact) mass is 475 g/mol. The van der Waals surface area contributed by atoms with E-state index >= 15 is 0 Å². The zero-order chi connectivity index (χ0) is 24.2. The second-order valence-electron chi connectivity index (χ2n) is 9.69. The largest absolute Gasteiger partial charge is 0.497 e. The fourth-order valence-electron chi connectivity index (χ4n) is 5.46. The molecule has 0 saturated carbocycles. The van der Waals surface area contributed by atoms with E-state index in [4.69, 9.17) is 19.2 Å². The van der Waals surface area contributed by atoms with Crippen LogP contribution in [-0.4, -0.2) is 50.3 Å². The average molecular weight is 476 g/mol. The maximum Gasteiger partial charge on any atom is 0.130 e. The first-order chi connectivity index (χ1) is 17.2. The predicted octanol–water partition coefficient (Wildman–Crippen LogP) is 5.53. The minimum absolute atomic E-state index is 0.643. The molecule has 1 N–H and O–H groups in total. The molecule has 3 aromatic rings. The standard InChI is InChI=1S/C29H37N3O3/c1-20-16-25-23-8-6-9-24(23)29(30-19-21-10-11-22(33-2)17-28(21)34-3)31-26(25)18-27(20)35-15-7-14-32-12-4-5-13-32/h10-11,16-18H,4-9,12-15,19H2,1-3H3,(H,30,31). The number of nitrogens with one attached hydrogen (secondary N) is 1. The van der Waals surface area contributed by atoms with E-state index in [0.717, 1.165) is 66.6 Å². The third-order valence-electron chi connectivity index (χ3n) is 7.37. The Morgan fingerprint density at radius 2 is 1.77 bits per heavy atom. The average Bonchev–Trinajstić information content (AvgIpc) is 3.58. The number of benzene rings is 2. The highest BCUT2D eigenvalue weighted by atomic mass is 16.5. The Morgan fingerprint density at radius 3 is 2.57 bits per heavy atom. The molecule has 0 amide bonds. The fourth-order valence-corrected chi connectivity index (χ4v) is 5.46. The number of hydrogen-bond donors (Lipinski definition) is 1. The van der Waals surface area contributed by atoms with Crippen LogP contribution in [0.5, 0.6) is 17.2 Å². The van der Waals surface area contributed by atoms with Gasteiger partial charge in [0.1, 0.15) is 23.1 Å². The summed E-state index contributed by atoms with van der Waals surface area (Å²) in [5.74, 6) is 3.53. The summed E-state index contributed by atoms with van der Waals surface area (Å²) < 4.78 is 17.2. The molecule has 1 fully saturated rings. The van der Waals surface area contributed by atoms with Gasteiger partial charge in [-0.1, -0.05) is 0 Å². The molecule has 6 heteroatoms. The summed E-state index contributed by atoms with van der Waals surface area (Å²) >= 11 is 0. The third kappa shape index (κ3) is 5.18. The molecule has 0 atom stereocenters. The van der Waals surface area contributed by atoms with E-state index in [1.807, 2.05) is 18.2 Å². The molecule has 2 aliphatic rings. The Morgan fingerprint density at radius 1 is 0.943 bits per heavy atom. The lowest BCUT2D eigenvalue weighted by Gasteiger charge is -2.17. The zero-order valence-corrected chi connectivity index (χ0v) is 21.3. The second kappa shape index (κ2) is 10.7. The molecule has 0 unspecified atom stereocenters. The Bertz CT molecular complexity index is 1190. The highest BCUT2D eigenvalue weighted by molar-refractivity contribution is 5.88. The van der Waals surface area contributed by atoms with E-state index in [2.05, 4.69) is 29.3 Å². The van der Waals surface area contributed by atoms with Gasteiger partial charge in [-0.2, -0.15) is 0 Å². The molecule has 2 aromatic carbocycles. The number of anilines is 1. The number of likely N-dealkylation sites (tertiary alicyclic amines) is 1. The summed E-state index contributed by atoms with van der Waals surface area (Å²) in [6.45, 7) is 7.14. The Balaban J connectivity index is 1.35. The van der Waals surface area contributed by atoms with Gasteiger partial charge in [-0.15, -0.1) is 0 Å². The van der Waals surface area contributed by atoms with Crippen molar-refractivity contribution in [2.45, 2.75) is 52.0 Å². The van der Waals surface area contributed by atoms with Crippen LogP contribution in [-0.2, 0) is 19.4 Å². The molecule has 2 heterocycles. The van der Waals surface area contributed by atoms with E-state index < -0.39 is 0 Å². The molecule has 1 aliphatic heterocycles. The molecule has 186 valence electrons. The number of rotatable bonds is 10. The SMILES string of the molecule is COc1ccc(CNc2nc3cc(OCCCN4CCCC4)c(C)cc3c3c2CCC3)c(OC)c1. The molecule has 0 spiro atoms. The number of aryl methyl sites for hydroxylation is 2. The van der Waals surface area contributed by atoms with Crippen molar-refractivity contribution in [1.29, 1.82) is 0 Å². The topological polar surface area (TPSA) is 55.8 Å². The van der Waals surface area contributed by atoms with Gasteiger partial charge in [0.15, 0.2) is 0 Å². The van der Waals surface area contributed by atoms with Crippen molar-refractivity contribution in [3.63, 3.8) is 0 Å². The van der Waals surface area contributed by atoms with Crippen molar-refractivity contribution in [1.82, 2.24) is 9.88 Å². The summed E-state index contributed by atoms with van der Waals surface area (Å²) in [5.41, 5.74) is 6.06. The number of nitrogens with zero attached hydrogens (tertiary/aromatic N) is 2. The van der Waals surface area contributed by atoms with Crippen molar-refractivity contribution >= 4 is 16.7 Å². The number of aromatic nitrogens is 1. The van der Waals surface area contributed by atoms with Gasteiger partial charge in [-0.25, -0.2) is 4.98 Å². The van der Waals surface area contributed by atoms with Gasteiger partial charge < -0.3 is 24.4 Å². The van der Waals surface area contributed by atoms with Crippen LogP contribution in [0.1, 0.15) is 47.9 Å². The lowest BCUT2D eigenvalue weighted by Crippen LogP contribution is -2.22. The molecule has 1 aliphatic carbocycles. The van der Waals surface area contributed by atoms with Crippen molar-refractivity contribution in [2.24, 2.45) is 0 Å². The Kier molecular flexibility index (Phi) is 7.28. The number of fused-ring (bicyclic) bond motifs is 3. The minimum Gasteiger partial charge on any atom is -0.497 e. The normalized spacial score (nSPS) is 15.4. The van der Waals surface area contributed by atoms with Gasteiger partial charge >= 0.3 is 0 Å². The lowest BCUT2D eigenvalue weighted by molar-refractivity contribution is 0.262. The quantitative estimate of drug-likeness (QED) is 0.389. The van der Waals surface area contributed by atoms with E-state index in [9.17, 15) is 0 Å². The number of pyridine rings is 1. The highest BCUT2D eigenvalue weighted by Crippen LogP contribution is 2.37. The predicted molar refractivity (Wildman–Crippen MR) is 141 cm³/mol. The van der Waals surface area contributed by atoms with Gasteiger partial charge in [0.2, 0.25) is 0 Å². The van der Waals surface area contributed by atoms with E-state index in [1.54, 1.807) is 14.2 Å². The highest BCUT2D eigenvalue weighted by Gasteiger charge is 2.21. The first-order valence-corrected chi connectivity index (χ1v) is 12.9. The third-order valence-corrected chi connectivity index (χ3v) is 7.37. The van der Waals surface area contributed by atoms with Crippen molar-refractivity contribution in [2.75, 3.05) is 45.8 Å². The van der Waals surface area contributed by atoms with E-state index in [1.165, 1.54) is 54.4 Å². The van der Waals surface area contributed by atoms with Crippen LogP contribution < -0.4 is 19.5 Å². The van der Waals surface area contributed by atoms with Crippen LogP contribution in [0.15, 0.2) is 30.3 Å². The van der Waals surface area contributed by atoms with E-state index in [-0.39, 0.29) is 0 Å². The van der Waals surface area contributed by atoms with Gasteiger partial charge in [-0.05, 0) is 93.4 Å². The number of ether oxygens (including phenoxy) is 3. The molecular weight excluding hydrogens is 438 g/mol. The molecule has 0 radical (unpaired) electrons. The van der Waals surface area contributed by atoms with E-state index in [0.29, 0.717) is 6.54 Å². The zero-order valence-electron chi connectivity index (χ0n) is 21.3.